The van der Waals surface area contributed by atoms with Gasteiger partial charge >= 0.3 is 5.97 Å². The maximum atomic E-state index is 12.0. The van der Waals surface area contributed by atoms with E-state index in [4.69, 9.17) is 14.9 Å². The number of carbonyl (C=O) groups excluding carboxylic acids is 1. The van der Waals surface area contributed by atoms with Gasteiger partial charge in [-0.3, -0.25) is 10.2 Å². The highest BCUT2D eigenvalue weighted by molar-refractivity contribution is 5.86. The Morgan fingerprint density at radius 2 is 2.00 bits per heavy atom. The molecule has 126 valence electrons. The molecule has 25 heavy (non-hydrogen) atoms. The molecule has 2 atom stereocenters. The van der Waals surface area contributed by atoms with Gasteiger partial charge in [0.1, 0.15) is 11.7 Å². The van der Waals surface area contributed by atoms with Gasteiger partial charge in [0.2, 0.25) is 5.90 Å². The van der Waals surface area contributed by atoms with Crippen molar-refractivity contribution < 1.29 is 14.3 Å². The van der Waals surface area contributed by atoms with Crippen LogP contribution >= 0.6 is 0 Å². The van der Waals surface area contributed by atoms with E-state index in [0.29, 0.717) is 5.75 Å². The van der Waals surface area contributed by atoms with E-state index in [1.165, 1.54) is 0 Å². The van der Waals surface area contributed by atoms with E-state index in [1.807, 2.05) is 42.5 Å². The van der Waals surface area contributed by atoms with Gasteiger partial charge in [-0.1, -0.05) is 36.4 Å². The summed E-state index contributed by atoms with van der Waals surface area (Å²) < 4.78 is 10.5. The quantitative estimate of drug-likeness (QED) is 0.860. The van der Waals surface area contributed by atoms with Gasteiger partial charge in [-0.2, -0.15) is 5.26 Å². The lowest BCUT2D eigenvalue weighted by molar-refractivity contribution is -0.143. The van der Waals surface area contributed by atoms with Crippen molar-refractivity contribution in [3.05, 3.63) is 54.1 Å². The standard InChI is InChI=1S/C20H18N2O3/c1-2-24-19(23)11-15-16-10-14(13-6-4-3-5-7-13)8-9-18(16)25-20(22)17(15)12-21/h3-10,15,17,22H,2,11H2,1H3. The zero-order valence-electron chi connectivity index (χ0n) is 13.9. The number of rotatable bonds is 4. The Kier molecular flexibility index (Phi) is 4.80. The van der Waals surface area contributed by atoms with Crippen LogP contribution in [0.1, 0.15) is 24.8 Å². The van der Waals surface area contributed by atoms with Crippen LogP contribution in [-0.4, -0.2) is 18.5 Å². The third-order valence-corrected chi connectivity index (χ3v) is 4.25. The van der Waals surface area contributed by atoms with Crippen LogP contribution in [-0.2, 0) is 9.53 Å². The molecular formula is C20H18N2O3. The second kappa shape index (κ2) is 7.18. The molecule has 5 nitrogen and oxygen atoms in total. The summed E-state index contributed by atoms with van der Waals surface area (Å²) in [4.78, 5) is 12.0. The predicted molar refractivity (Wildman–Crippen MR) is 93.3 cm³/mol. The van der Waals surface area contributed by atoms with Crippen molar-refractivity contribution in [1.29, 1.82) is 10.7 Å². The average Bonchev–Trinajstić information content (AvgIpc) is 2.62. The lowest BCUT2D eigenvalue weighted by Gasteiger charge is -2.29. The summed E-state index contributed by atoms with van der Waals surface area (Å²) >= 11 is 0. The molecular weight excluding hydrogens is 316 g/mol. The normalized spacial score (nSPS) is 18.6. The lowest BCUT2D eigenvalue weighted by Crippen LogP contribution is -2.32. The topological polar surface area (TPSA) is 83.2 Å². The number of fused-ring (bicyclic) bond motifs is 1. The van der Waals surface area contributed by atoms with Gasteiger partial charge in [-0.05, 0) is 30.2 Å². The van der Waals surface area contributed by atoms with Crippen LogP contribution in [0.4, 0.5) is 0 Å². The fourth-order valence-corrected chi connectivity index (χ4v) is 3.06. The van der Waals surface area contributed by atoms with E-state index in [9.17, 15) is 10.1 Å². The third kappa shape index (κ3) is 3.38. The highest BCUT2D eigenvalue weighted by Gasteiger charge is 2.37. The number of ether oxygens (including phenoxy) is 2. The molecule has 1 aliphatic rings. The maximum Gasteiger partial charge on any atom is 0.306 e. The van der Waals surface area contributed by atoms with Gasteiger partial charge in [0.15, 0.2) is 0 Å². The Hall–Kier alpha value is -3.13. The molecule has 1 heterocycles. The van der Waals surface area contributed by atoms with Crippen molar-refractivity contribution in [3.63, 3.8) is 0 Å². The van der Waals surface area contributed by atoms with E-state index in [-0.39, 0.29) is 24.9 Å². The van der Waals surface area contributed by atoms with Crippen molar-refractivity contribution in [2.45, 2.75) is 19.3 Å². The summed E-state index contributed by atoms with van der Waals surface area (Å²) in [6.07, 6.45) is 0.0447. The summed E-state index contributed by atoms with van der Waals surface area (Å²) in [5, 5.41) is 17.4. The van der Waals surface area contributed by atoms with Crippen molar-refractivity contribution >= 4 is 11.9 Å². The van der Waals surface area contributed by atoms with Gasteiger partial charge in [0.05, 0.1) is 19.1 Å². The Bertz CT molecular complexity index is 840. The highest BCUT2D eigenvalue weighted by atomic mass is 16.5. The molecule has 1 aliphatic heterocycles. The van der Waals surface area contributed by atoms with Crippen LogP contribution in [0, 0.1) is 22.7 Å². The first-order chi connectivity index (χ1) is 12.1. The Balaban J connectivity index is 2.03. The molecule has 1 N–H and O–H groups in total. The summed E-state index contributed by atoms with van der Waals surface area (Å²) in [6, 6.07) is 17.6. The summed E-state index contributed by atoms with van der Waals surface area (Å²) in [7, 11) is 0. The Labute approximate surface area is 146 Å². The first-order valence-corrected chi connectivity index (χ1v) is 8.15. The molecule has 0 fully saturated rings. The minimum atomic E-state index is -0.803. The van der Waals surface area contributed by atoms with E-state index in [0.717, 1.165) is 16.7 Å². The van der Waals surface area contributed by atoms with Crippen LogP contribution in [0.3, 0.4) is 0 Å². The monoisotopic (exact) mass is 334 g/mol. The highest BCUT2D eigenvalue weighted by Crippen LogP contribution is 2.42. The Morgan fingerprint density at radius 1 is 1.24 bits per heavy atom. The second-order valence-corrected chi connectivity index (χ2v) is 5.81. The first kappa shape index (κ1) is 16.7. The smallest absolute Gasteiger partial charge is 0.306 e. The third-order valence-electron chi connectivity index (χ3n) is 4.25. The number of hydrogen-bond acceptors (Lipinski definition) is 5. The van der Waals surface area contributed by atoms with Gasteiger partial charge in [-0.15, -0.1) is 0 Å². The second-order valence-electron chi connectivity index (χ2n) is 5.81. The zero-order valence-corrected chi connectivity index (χ0v) is 13.9. The zero-order chi connectivity index (χ0) is 17.8. The fourth-order valence-electron chi connectivity index (χ4n) is 3.06. The molecule has 2 aromatic carbocycles. The van der Waals surface area contributed by atoms with Crippen LogP contribution in [0.25, 0.3) is 11.1 Å². The first-order valence-electron chi connectivity index (χ1n) is 8.15. The van der Waals surface area contributed by atoms with E-state index in [2.05, 4.69) is 6.07 Å². The van der Waals surface area contributed by atoms with Gasteiger partial charge in [0, 0.05) is 11.5 Å². The average molecular weight is 334 g/mol. The SMILES string of the molecule is CCOC(=O)CC1c2cc(-c3ccccc3)ccc2OC(=N)C1C#N. The van der Waals surface area contributed by atoms with E-state index in [1.54, 1.807) is 13.0 Å². The molecule has 3 rings (SSSR count). The number of nitrogens with zero attached hydrogens (tertiary/aromatic N) is 1. The lowest BCUT2D eigenvalue weighted by atomic mass is 9.81. The minimum absolute atomic E-state index is 0.0447. The van der Waals surface area contributed by atoms with Crippen LogP contribution < -0.4 is 4.74 Å². The molecule has 5 heteroatoms. The van der Waals surface area contributed by atoms with Crippen LogP contribution in [0.15, 0.2) is 48.5 Å². The van der Waals surface area contributed by atoms with Crippen LogP contribution in [0.2, 0.25) is 0 Å². The van der Waals surface area contributed by atoms with Crippen LogP contribution in [0.5, 0.6) is 5.75 Å². The van der Waals surface area contributed by atoms with Gasteiger partial charge in [0.25, 0.3) is 0 Å². The molecule has 0 saturated carbocycles. The van der Waals surface area contributed by atoms with Gasteiger partial charge < -0.3 is 9.47 Å². The number of nitrogens with one attached hydrogen (secondary N) is 1. The number of nitriles is 1. The molecule has 0 amide bonds. The molecule has 0 radical (unpaired) electrons. The molecule has 2 unspecified atom stereocenters. The van der Waals surface area contributed by atoms with Crippen molar-refractivity contribution in [2.24, 2.45) is 5.92 Å². The van der Waals surface area contributed by atoms with E-state index < -0.39 is 11.8 Å². The summed E-state index contributed by atoms with van der Waals surface area (Å²) in [5.41, 5.74) is 2.77. The minimum Gasteiger partial charge on any atom is -0.466 e. The van der Waals surface area contributed by atoms with Gasteiger partial charge in [-0.25, -0.2) is 0 Å². The molecule has 0 spiro atoms. The predicted octanol–water partition coefficient (Wildman–Crippen LogP) is 3.90. The molecule has 0 aliphatic carbocycles. The summed E-state index contributed by atoms with van der Waals surface area (Å²) in [6.45, 7) is 2.03. The largest absolute Gasteiger partial charge is 0.466 e. The molecule has 0 aromatic heterocycles. The number of carbonyl (C=O) groups is 1. The number of hydrogen-bond donors (Lipinski definition) is 1. The van der Waals surface area contributed by atoms with E-state index >= 15 is 0 Å². The molecule has 0 saturated heterocycles. The molecule has 0 bridgehead atoms. The van der Waals surface area contributed by atoms with Crippen molar-refractivity contribution in [3.8, 4) is 22.9 Å². The van der Waals surface area contributed by atoms with Crippen molar-refractivity contribution in [1.82, 2.24) is 0 Å². The van der Waals surface area contributed by atoms with Crippen molar-refractivity contribution in [2.75, 3.05) is 6.61 Å². The number of benzene rings is 2. The number of esters is 1. The molecule has 2 aromatic rings. The Morgan fingerprint density at radius 3 is 2.68 bits per heavy atom. The summed E-state index contributed by atoms with van der Waals surface area (Å²) in [5.74, 6) is -1.24. The fraction of sp³-hybridized carbons (Fsp3) is 0.250. The maximum absolute atomic E-state index is 12.0.